The fourth-order valence-electron chi connectivity index (χ4n) is 4.99. The minimum absolute atomic E-state index is 0.0361. The second kappa shape index (κ2) is 11.0. The smallest absolute Gasteiger partial charge is 0.338 e. The molecule has 9 nitrogen and oxygen atoms in total. The molecule has 2 N–H and O–H groups in total. The summed E-state index contributed by atoms with van der Waals surface area (Å²) in [6.45, 7) is 0. The number of nitrogens with one attached hydrogen (secondary N) is 1. The quantitative estimate of drug-likeness (QED) is 0.386. The van der Waals surface area contributed by atoms with E-state index < -0.39 is 23.8 Å². The number of carboxylic acid groups (broad SMARTS) is 1. The van der Waals surface area contributed by atoms with Crippen molar-refractivity contribution in [3.63, 3.8) is 0 Å². The van der Waals surface area contributed by atoms with Crippen LogP contribution in [0, 0.1) is 11.7 Å². The molecule has 0 radical (unpaired) electrons. The number of carbonyl (C=O) groups excluding carboxylic acids is 1. The number of nitrogens with zero attached hydrogens (tertiary/aromatic N) is 3. The minimum Gasteiger partial charge on any atom is -0.481 e. The average molecular weight is 559 g/mol. The summed E-state index contributed by atoms with van der Waals surface area (Å²) in [5.41, 5.74) is 1.88. The van der Waals surface area contributed by atoms with Crippen molar-refractivity contribution < 1.29 is 28.2 Å². The molecular weight excluding hydrogens is 535 g/mol. The van der Waals surface area contributed by atoms with E-state index in [1.165, 1.54) is 42.9 Å². The molecule has 0 saturated heterocycles. The molecule has 3 aromatic rings. The second-order valence-electron chi connectivity index (χ2n) is 9.12. The van der Waals surface area contributed by atoms with Crippen LogP contribution in [0.25, 0.3) is 0 Å². The van der Waals surface area contributed by atoms with Gasteiger partial charge < -0.3 is 19.6 Å². The van der Waals surface area contributed by atoms with E-state index in [0.717, 1.165) is 12.8 Å². The van der Waals surface area contributed by atoms with Crippen LogP contribution in [0.1, 0.15) is 59.8 Å². The Morgan fingerprint density at radius 3 is 2.68 bits per heavy atom. The summed E-state index contributed by atoms with van der Waals surface area (Å²) >= 11 is 7.83. The highest BCUT2D eigenvalue weighted by atomic mass is 35.5. The summed E-state index contributed by atoms with van der Waals surface area (Å²) in [6, 6.07) is 3.21. The van der Waals surface area contributed by atoms with E-state index in [1.807, 2.05) is 5.38 Å². The molecule has 1 saturated carbocycles. The number of ether oxygens (including phenoxy) is 1. The fraction of sp³-hybridized carbons (Fsp3) is 0.346. The van der Waals surface area contributed by atoms with Gasteiger partial charge in [0.05, 0.1) is 24.8 Å². The van der Waals surface area contributed by atoms with Crippen molar-refractivity contribution in [1.29, 1.82) is 0 Å². The van der Waals surface area contributed by atoms with Crippen LogP contribution in [0.15, 0.2) is 56.7 Å². The summed E-state index contributed by atoms with van der Waals surface area (Å²) in [5.74, 6) is -0.978. The Morgan fingerprint density at radius 2 is 2.03 bits per heavy atom. The number of amidine groups is 1. The average Bonchev–Trinajstić information content (AvgIpc) is 3.60. The number of carboxylic acids is 1. The van der Waals surface area contributed by atoms with Crippen LogP contribution in [0.5, 0.6) is 0 Å². The summed E-state index contributed by atoms with van der Waals surface area (Å²) in [6.07, 6.45) is 5.74. The minimum atomic E-state index is -0.965. The van der Waals surface area contributed by atoms with E-state index >= 15 is 0 Å². The largest absolute Gasteiger partial charge is 0.481 e. The van der Waals surface area contributed by atoms with Gasteiger partial charge >= 0.3 is 11.9 Å². The van der Waals surface area contributed by atoms with Gasteiger partial charge in [-0.3, -0.25) is 9.79 Å². The van der Waals surface area contributed by atoms with Crippen molar-refractivity contribution >= 4 is 40.7 Å². The number of oxazole rings is 1. The van der Waals surface area contributed by atoms with Gasteiger partial charge in [0.15, 0.2) is 16.7 Å². The molecule has 1 aliphatic carbocycles. The number of allylic oxidation sites excluding steroid dienone is 1. The maximum absolute atomic E-state index is 13.9. The van der Waals surface area contributed by atoms with E-state index in [9.17, 15) is 14.0 Å². The number of aliphatic carboxylic acids is 1. The third-order valence-electron chi connectivity index (χ3n) is 6.76. The zero-order valence-electron chi connectivity index (χ0n) is 20.3. The molecule has 0 spiro atoms. The zero-order chi connectivity index (χ0) is 26.8. The van der Waals surface area contributed by atoms with Gasteiger partial charge in [0.2, 0.25) is 0 Å². The summed E-state index contributed by atoms with van der Waals surface area (Å²) in [5, 5.41) is 15.0. The molecule has 2 aliphatic rings. The van der Waals surface area contributed by atoms with Crippen molar-refractivity contribution in [3.8, 4) is 0 Å². The van der Waals surface area contributed by atoms with Crippen molar-refractivity contribution in [1.82, 2.24) is 15.3 Å². The molecule has 1 aromatic carbocycles. The Bertz CT molecular complexity index is 1410. The Labute approximate surface area is 226 Å². The van der Waals surface area contributed by atoms with Gasteiger partial charge in [-0.25, -0.2) is 19.2 Å². The molecule has 38 heavy (non-hydrogen) atoms. The Kier molecular flexibility index (Phi) is 7.57. The van der Waals surface area contributed by atoms with Gasteiger partial charge in [-0.05, 0) is 43.7 Å². The summed E-state index contributed by atoms with van der Waals surface area (Å²) in [4.78, 5) is 37.7. The molecule has 12 heteroatoms. The number of carbonyl (C=O) groups is 2. The van der Waals surface area contributed by atoms with Crippen molar-refractivity contribution in [2.75, 3.05) is 7.11 Å². The number of hydrogen-bond acceptors (Lipinski definition) is 9. The van der Waals surface area contributed by atoms with Crippen LogP contribution in [-0.2, 0) is 20.7 Å². The Balaban J connectivity index is 1.48. The normalized spacial score (nSPS) is 21.6. The molecule has 2 aromatic heterocycles. The first-order valence-corrected chi connectivity index (χ1v) is 13.3. The van der Waals surface area contributed by atoms with Gasteiger partial charge in [0.25, 0.3) is 0 Å². The molecule has 1 atom stereocenters. The molecule has 3 heterocycles. The highest BCUT2D eigenvalue weighted by Crippen LogP contribution is 2.43. The standard InChI is InChI=1S/C26H24ClFN4O5S/c1-36-26(35)20-21(13-2-4-14(5-3-13)24-30-16(12-37-24)11-19(33)34)31-23(25-29-8-9-38-25)32-22(20)17-7-6-15(28)10-18(17)27/h6-10,12-14,22H,2-5,11H2,1H3,(H,31,32)(H,33,34)/t13-,14-,22?. The van der Waals surface area contributed by atoms with Crippen LogP contribution in [-0.4, -0.2) is 40.0 Å². The molecule has 0 bridgehead atoms. The van der Waals surface area contributed by atoms with Gasteiger partial charge in [-0.2, -0.15) is 0 Å². The first-order chi connectivity index (χ1) is 18.3. The lowest BCUT2D eigenvalue weighted by Crippen LogP contribution is -2.37. The van der Waals surface area contributed by atoms with Crippen molar-refractivity contribution in [2.24, 2.45) is 10.9 Å². The number of benzene rings is 1. The highest BCUT2D eigenvalue weighted by molar-refractivity contribution is 7.11. The van der Waals surface area contributed by atoms with Crippen LogP contribution < -0.4 is 5.32 Å². The van der Waals surface area contributed by atoms with E-state index in [4.69, 9.17) is 30.9 Å². The van der Waals surface area contributed by atoms with Crippen molar-refractivity contribution in [2.45, 2.75) is 44.1 Å². The maximum Gasteiger partial charge on any atom is 0.338 e. The van der Waals surface area contributed by atoms with Gasteiger partial charge in [-0.15, -0.1) is 11.3 Å². The number of rotatable bonds is 7. The molecule has 5 rings (SSSR count). The van der Waals surface area contributed by atoms with E-state index in [-0.39, 0.29) is 23.3 Å². The molecule has 0 amide bonds. The summed E-state index contributed by atoms with van der Waals surface area (Å²) in [7, 11) is 1.31. The van der Waals surface area contributed by atoms with Gasteiger partial charge in [-0.1, -0.05) is 17.7 Å². The van der Waals surface area contributed by atoms with Crippen molar-refractivity contribution in [3.05, 3.63) is 80.3 Å². The van der Waals surface area contributed by atoms with Crippen LogP contribution >= 0.6 is 22.9 Å². The molecule has 198 valence electrons. The number of hydrogen-bond donors (Lipinski definition) is 2. The molecular formula is C26H24ClFN4O5S. The predicted octanol–water partition coefficient (Wildman–Crippen LogP) is 5.04. The van der Waals surface area contributed by atoms with Crippen LogP contribution in [0.3, 0.4) is 0 Å². The maximum atomic E-state index is 13.9. The number of halogens is 2. The Hall–Kier alpha value is -3.57. The SMILES string of the molecule is COC(=O)C1=C([C@H]2CC[C@H](c3nc(CC(=O)O)co3)CC2)NC(c2nccs2)=NC1c1ccc(F)cc1Cl. The third kappa shape index (κ3) is 5.34. The first-order valence-electron chi connectivity index (χ1n) is 12.0. The lowest BCUT2D eigenvalue weighted by molar-refractivity contribution is -0.137. The monoisotopic (exact) mass is 558 g/mol. The lowest BCUT2D eigenvalue weighted by atomic mass is 9.78. The lowest BCUT2D eigenvalue weighted by Gasteiger charge is -2.34. The Morgan fingerprint density at radius 1 is 1.26 bits per heavy atom. The predicted molar refractivity (Wildman–Crippen MR) is 138 cm³/mol. The fourth-order valence-corrected chi connectivity index (χ4v) is 5.85. The number of aromatic nitrogens is 2. The van der Waals surface area contributed by atoms with Crippen LogP contribution in [0.4, 0.5) is 4.39 Å². The number of aliphatic imine (C=N–C) groups is 1. The highest BCUT2D eigenvalue weighted by Gasteiger charge is 2.38. The van der Waals surface area contributed by atoms with E-state index in [2.05, 4.69) is 15.3 Å². The molecule has 1 aliphatic heterocycles. The molecule has 1 unspecified atom stereocenters. The number of thiazole rings is 1. The van der Waals surface area contributed by atoms with E-state index in [1.54, 1.807) is 6.20 Å². The summed E-state index contributed by atoms with van der Waals surface area (Å²) < 4.78 is 24.6. The third-order valence-corrected chi connectivity index (χ3v) is 7.87. The van der Waals surface area contributed by atoms with Gasteiger partial charge in [0, 0.05) is 33.8 Å². The second-order valence-corrected chi connectivity index (χ2v) is 10.4. The topological polar surface area (TPSA) is 127 Å². The number of methoxy groups -OCH3 is 1. The number of esters is 1. The molecule has 1 fully saturated rings. The van der Waals surface area contributed by atoms with Gasteiger partial charge in [0.1, 0.15) is 18.1 Å². The first kappa shape index (κ1) is 26.1. The van der Waals surface area contributed by atoms with E-state index in [0.29, 0.717) is 52.1 Å². The zero-order valence-corrected chi connectivity index (χ0v) is 21.9. The van der Waals surface area contributed by atoms with Crippen LogP contribution in [0.2, 0.25) is 5.02 Å².